The second kappa shape index (κ2) is 5.89. The fourth-order valence-electron chi connectivity index (χ4n) is 4.34. The number of nitrogens with one attached hydrogen (secondary N) is 1. The molecule has 2 aliphatic heterocycles. The highest BCUT2D eigenvalue weighted by Gasteiger charge is 2.37. The van der Waals surface area contributed by atoms with Gasteiger partial charge in [0.05, 0.1) is 12.2 Å². The summed E-state index contributed by atoms with van der Waals surface area (Å²) in [6.45, 7) is 3.53. The Kier molecular flexibility index (Phi) is 4.22. The van der Waals surface area contributed by atoms with Gasteiger partial charge in [0.25, 0.3) is 0 Å². The van der Waals surface area contributed by atoms with Crippen LogP contribution in [0.25, 0.3) is 0 Å². The van der Waals surface area contributed by atoms with Gasteiger partial charge in [-0.15, -0.1) is 0 Å². The molecule has 3 fully saturated rings. The fourth-order valence-corrected chi connectivity index (χ4v) is 4.34. The van der Waals surface area contributed by atoms with Gasteiger partial charge in [-0.1, -0.05) is 6.42 Å². The summed E-state index contributed by atoms with van der Waals surface area (Å²) in [5.74, 6) is 1.01. The van der Waals surface area contributed by atoms with E-state index in [0.29, 0.717) is 12.2 Å². The van der Waals surface area contributed by atoms with Crippen LogP contribution in [0.15, 0.2) is 0 Å². The van der Waals surface area contributed by atoms with E-state index in [1.165, 1.54) is 58.0 Å². The third-order valence-electron chi connectivity index (χ3n) is 5.17. The number of piperidine rings is 1. The highest BCUT2D eigenvalue weighted by atomic mass is 16.5. The number of likely N-dealkylation sites (tertiary alicyclic amines) is 1. The molecule has 18 heavy (non-hydrogen) atoms. The van der Waals surface area contributed by atoms with E-state index in [0.717, 1.165) is 18.5 Å². The van der Waals surface area contributed by atoms with E-state index >= 15 is 0 Å². The smallest absolute Gasteiger partial charge is 0.0707 e. The normalized spacial score (nSPS) is 41.2. The third-order valence-corrected chi connectivity index (χ3v) is 5.17. The van der Waals surface area contributed by atoms with Gasteiger partial charge in [-0.05, 0) is 58.0 Å². The minimum Gasteiger partial charge on any atom is -0.372 e. The monoisotopic (exact) mass is 252 g/mol. The highest BCUT2D eigenvalue weighted by Crippen LogP contribution is 2.37. The first-order valence-corrected chi connectivity index (χ1v) is 7.91. The zero-order valence-corrected chi connectivity index (χ0v) is 11.7. The Morgan fingerprint density at radius 1 is 1.06 bits per heavy atom. The predicted molar refractivity (Wildman–Crippen MR) is 73.8 cm³/mol. The van der Waals surface area contributed by atoms with Crippen LogP contribution in [0.5, 0.6) is 0 Å². The van der Waals surface area contributed by atoms with Gasteiger partial charge in [0.1, 0.15) is 0 Å². The zero-order chi connectivity index (χ0) is 12.4. The molecule has 2 heterocycles. The van der Waals surface area contributed by atoms with Gasteiger partial charge in [0, 0.05) is 19.1 Å². The summed E-state index contributed by atoms with van der Waals surface area (Å²) in [4.78, 5) is 2.76. The van der Waals surface area contributed by atoms with Crippen molar-refractivity contribution >= 4 is 0 Å². The van der Waals surface area contributed by atoms with Crippen LogP contribution in [-0.2, 0) is 4.74 Å². The first-order valence-electron chi connectivity index (χ1n) is 7.91. The van der Waals surface area contributed by atoms with Crippen molar-refractivity contribution in [3.05, 3.63) is 0 Å². The largest absolute Gasteiger partial charge is 0.372 e. The Morgan fingerprint density at radius 2 is 1.89 bits per heavy atom. The molecule has 4 unspecified atom stereocenters. The van der Waals surface area contributed by atoms with Gasteiger partial charge in [0.15, 0.2) is 0 Å². The fraction of sp³-hybridized carbons (Fsp3) is 1.00. The molecule has 4 atom stereocenters. The zero-order valence-electron chi connectivity index (χ0n) is 11.7. The topological polar surface area (TPSA) is 24.5 Å². The lowest BCUT2D eigenvalue weighted by Gasteiger charge is -2.39. The Labute approximate surface area is 111 Å². The van der Waals surface area contributed by atoms with Gasteiger partial charge in [-0.2, -0.15) is 0 Å². The maximum Gasteiger partial charge on any atom is 0.0707 e. The predicted octanol–water partition coefficient (Wildman–Crippen LogP) is 2.02. The molecule has 1 N–H and O–H groups in total. The van der Waals surface area contributed by atoms with Gasteiger partial charge in [0.2, 0.25) is 0 Å². The quantitative estimate of drug-likeness (QED) is 0.828. The number of ether oxygens (including phenoxy) is 1. The number of fused-ring (bicyclic) bond motifs is 1. The van der Waals surface area contributed by atoms with Crippen LogP contribution < -0.4 is 5.32 Å². The Morgan fingerprint density at radius 3 is 2.78 bits per heavy atom. The van der Waals surface area contributed by atoms with Gasteiger partial charge >= 0.3 is 0 Å². The van der Waals surface area contributed by atoms with Crippen molar-refractivity contribution in [2.45, 2.75) is 63.2 Å². The molecular formula is C15H28N2O. The van der Waals surface area contributed by atoms with Gasteiger partial charge < -0.3 is 10.1 Å². The average molecular weight is 252 g/mol. The summed E-state index contributed by atoms with van der Waals surface area (Å²) in [6, 6.07) is 0.894. The van der Waals surface area contributed by atoms with Crippen molar-refractivity contribution in [1.29, 1.82) is 0 Å². The molecule has 0 radical (unpaired) electrons. The van der Waals surface area contributed by atoms with Crippen molar-refractivity contribution in [3.8, 4) is 0 Å². The van der Waals surface area contributed by atoms with Crippen molar-refractivity contribution in [3.63, 3.8) is 0 Å². The maximum absolute atomic E-state index is 6.15. The molecular weight excluding hydrogens is 224 g/mol. The first kappa shape index (κ1) is 12.9. The molecule has 0 spiro atoms. The minimum absolute atomic E-state index is 0.462. The molecule has 0 aromatic rings. The Balaban J connectivity index is 1.50. The Hall–Kier alpha value is -0.120. The van der Waals surface area contributed by atoms with E-state index in [9.17, 15) is 0 Å². The van der Waals surface area contributed by atoms with Crippen LogP contribution >= 0.6 is 0 Å². The summed E-state index contributed by atoms with van der Waals surface area (Å²) < 4.78 is 6.15. The lowest BCUT2D eigenvalue weighted by atomic mass is 9.91. The van der Waals surface area contributed by atoms with E-state index in [1.807, 2.05) is 7.05 Å². The number of nitrogens with zero attached hydrogens (tertiary/aromatic N) is 1. The highest BCUT2D eigenvalue weighted by molar-refractivity contribution is 4.91. The molecule has 3 heteroatoms. The van der Waals surface area contributed by atoms with Crippen molar-refractivity contribution in [2.75, 3.05) is 26.7 Å². The lowest BCUT2D eigenvalue weighted by Crippen LogP contribution is -2.46. The maximum atomic E-state index is 6.15. The lowest BCUT2D eigenvalue weighted by molar-refractivity contribution is 0.00170. The molecule has 3 rings (SSSR count). The molecule has 0 bridgehead atoms. The number of rotatable bonds is 4. The van der Waals surface area contributed by atoms with Crippen LogP contribution in [0.3, 0.4) is 0 Å². The SMILES string of the molecule is CNCC1CCC(CN2CCCC3CCCC32)O1. The molecule has 3 nitrogen and oxygen atoms in total. The molecule has 3 aliphatic rings. The average Bonchev–Trinajstić information content (AvgIpc) is 2.99. The molecule has 1 saturated carbocycles. The summed E-state index contributed by atoms with van der Waals surface area (Å²) >= 11 is 0. The van der Waals surface area contributed by atoms with E-state index < -0.39 is 0 Å². The second-order valence-corrected chi connectivity index (χ2v) is 6.41. The summed E-state index contributed by atoms with van der Waals surface area (Å²) in [7, 11) is 2.02. The van der Waals surface area contributed by atoms with E-state index in [-0.39, 0.29) is 0 Å². The molecule has 104 valence electrons. The summed E-state index contributed by atoms with van der Waals surface area (Å²) in [5, 5.41) is 3.23. The number of likely N-dealkylation sites (N-methyl/N-ethyl adjacent to an activating group) is 1. The minimum atomic E-state index is 0.462. The van der Waals surface area contributed by atoms with Gasteiger partial charge in [-0.25, -0.2) is 0 Å². The van der Waals surface area contributed by atoms with Crippen LogP contribution in [0.4, 0.5) is 0 Å². The van der Waals surface area contributed by atoms with Crippen LogP contribution in [0.2, 0.25) is 0 Å². The van der Waals surface area contributed by atoms with Crippen LogP contribution in [-0.4, -0.2) is 49.8 Å². The Bertz CT molecular complexity index is 271. The molecule has 0 amide bonds. The standard InChI is InChI=1S/C15H28N2O/c1-16-10-13-7-8-14(18-13)11-17-9-3-5-12-4-2-6-15(12)17/h12-16H,2-11H2,1H3. The van der Waals surface area contributed by atoms with E-state index in [1.54, 1.807) is 0 Å². The molecule has 0 aromatic heterocycles. The number of hydrogen-bond acceptors (Lipinski definition) is 3. The van der Waals surface area contributed by atoms with E-state index in [2.05, 4.69) is 10.2 Å². The van der Waals surface area contributed by atoms with Crippen molar-refractivity contribution in [2.24, 2.45) is 5.92 Å². The molecule has 2 saturated heterocycles. The van der Waals surface area contributed by atoms with Gasteiger partial charge in [-0.3, -0.25) is 4.90 Å². The second-order valence-electron chi connectivity index (χ2n) is 6.41. The van der Waals surface area contributed by atoms with Crippen molar-refractivity contribution < 1.29 is 4.74 Å². The van der Waals surface area contributed by atoms with Crippen LogP contribution in [0.1, 0.15) is 44.9 Å². The first-order chi connectivity index (χ1) is 8.86. The van der Waals surface area contributed by atoms with Crippen LogP contribution in [0, 0.1) is 5.92 Å². The third kappa shape index (κ3) is 2.73. The summed E-state index contributed by atoms with van der Waals surface area (Å²) in [5.41, 5.74) is 0. The number of hydrogen-bond donors (Lipinski definition) is 1. The summed E-state index contributed by atoms with van der Waals surface area (Å²) in [6.07, 6.45) is 10.7. The van der Waals surface area contributed by atoms with E-state index in [4.69, 9.17) is 4.74 Å². The molecule has 1 aliphatic carbocycles. The van der Waals surface area contributed by atoms with Crippen molar-refractivity contribution in [1.82, 2.24) is 10.2 Å². The molecule has 0 aromatic carbocycles.